The number of aryl methyl sites for hydroxylation is 2. The van der Waals surface area contributed by atoms with Crippen molar-refractivity contribution in [2.45, 2.75) is 13.8 Å². The van der Waals surface area contributed by atoms with Crippen LogP contribution in [-0.4, -0.2) is 16.1 Å². The number of rotatable bonds is 4. The van der Waals surface area contributed by atoms with Gasteiger partial charge in [-0.1, -0.05) is 6.07 Å². The van der Waals surface area contributed by atoms with Crippen molar-refractivity contribution in [1.29, 1.82) is 0 Å². The molecule has 1 aromatic heterocycles. The summed E-state index contributed by atoms with van der Waals surface area (Å²) in [6.07, 6.45) is 5.71. The summed E-state index contributed by atoms with van der Waals surface area (Å²) in [5, 5.41) is 8.60. The Kier molecular flexibility index (Phi) is 4.15. The van der Waals surface area contributed by atoms with E-state index in [1.54, 1.807) is 18.5 Å². The molecule has 4 heteroatoms. The van der Waals surface area contributed by atoms with Gasteiger partial charge in [0.2, 0.25) is 0 Å². The Balaban J connectivity index is 2.19. The molecule has 1 heterocycles. The average Bonchev–Trinajstić information content (AvgIpc) is 2.41. The molecule has 0 aliphatic rings. The maximum Gasteiger partial charge on any atom is 0.328 e. The predicted octanol–water partition coefficient (Wildman–Crippen LogP) is 3.59. The van der Waals surface area contributed by atoms with Crippen LogP contribution < -0.4 is 4.74 Å². The van der Waals surface area contributed by atoms with E-state index >= 15 is 0 Å². The summed E-state index contributed by atoms with van der Waals surface area (Å²) in [6.45, 7) is 4.06. The van der Waals surface area contributed by atoms with Crippen molar-refractivity contribution in [2.24, 2.45) is 0 Å². The zero-order valence-electron chi connectivity index (χ0n) is 11.3. The molecular weight excluding hydrogens is 254 g/mol. The highest BCUT2D eigenvalue weighted by atomic mass is 16.5. The van der Waals surface area contributed by atoms with Gasteiger partial charge in [0.1, 0.15) is 11.5 Å². The van der Waals surface area contributed by atoms with Gasteiger partial charge in [-0.3, -0.25) is 4.98 Å². The van der Waals surface area contributed by atoms with Crippen LogP contribution in [0.25, 0.3) is 6.08 Å². The Morgan fingerprint density at radius 1 is 1.15 bits per heavy atom. The summed E-state index contributed by atoms with van der Waals surface area (Å²) >= 11 is 0. The number of pyridine rings is 1. The number of aromatic nitrogens is 1. The fourth-order valence-electron chi connectivity index (χ4n) is 1.66. The minimum atomic E-state index is -0.995. The topological polar surface area (TPSA) is 59.4 Å². The van der Waals surface area contributed by atoms with E-state index in [-0.39, 0.29) is 0 Å². The van der Waals surface area contributed by atoms with Crippen LogP contribution in [0.1, 0.15) is 16.7 Å². The van der Waals surface area contributed by atoms with Crippen molar-refractivity contribution < 1.29 is 14.6 Å². The van der Waals surface area contributed by atoms with Crippen molar-refractivity contribution >= 4 is 12.0 Å². The zero-order valence-corrected chi connectivity index (χ0v) is 11.3. The lowest BCUT2D eigenvalue weighted by molar-refractivity contribution is -0.131. The Bertz CT molecular complexity index is 663. The highest BCUT2D eigenvalue weighted by Gasteiger charge is 2.01. The third-order valence-corrected chi connectivity index (χ3v) is 2.87. The van der Waals surface area contributed by atoms with Crippen LogP contribution in [0.4, 0.5) is 0 Å². The van der Waals surface area contributed by atoms with Crippen molar-refractivity contribution in [3.8, 4) is 11.5 Å². The molecule has 0 radical (unpaired) electrons. The molecule has 0 aliphatic carbocycles. The third-order valence-electron chi connectivity index (χ3n) is 2.87. The number of carboxylic acid groups (broad SMARTS) is 1. The first-order valence-electron chi connectivity index (χ1n) is 6.16. The first kappa shape index (κ1) is 13.8. The molecule has 0 saturated carbocycles. The lowest BCUT2D eigenvalue weighted by atomic mass is 10.1. The van der Waals surface area contributed by atoms with Gasteiger partial charge in [0, 0.05) is 12.3 Å². The maximum atomic E-state index is 10.5. The molecule has 4 nitrogen and oxygen atoms in total. The normalized spacial score (nSPS) is 10.7. The monoisotopic (exact) mass is 269 g/mol. The molecule has 102 valence electrons. The Labute approximate surface area is 117 Å². The van der Waals surface area contributed by atoms with Crippen LogP contribution in [0.5, 0.6) is 11.5 Å². The van der Waals surface area contributed by atoms with E-state index in [0.29, 0.717) is 11.3 Å². The molecule has 1 aromatic carbocycles. The fraction of sp³-hybridized carbons (Fsp3) is 0.125. The number of hydrogen-bond acceptors (Lipinski definition) is 3. The second-order valence-electron chi connectivity index (χ2n) is 4.47. The summed E-state index contributed by atoms with van der Waals surface area (Å²) in [6, 6.07) is 7.57. The van der Waals surface area contributed by atoms with Crippen molar-refractivity contribution in [3.63, 3.8) is 0 Å². The molecule has 2 aromatic rings. The lowest BCUT2D eigenvalue weighted by Gasteiger charge is -2.08. The number of carboxylic acids is 1. The number of carbonyl (C=O) groups is 1. The van der Waals surface area contributed by atoms with Gasteiger partial charge in [0.25, 0.3) is 0 Å². The predicted molar refractivity (Wildman–Crippen MR) is 76.9 cm³/mol. The molecule has 0 atom stereocenters. The van der Waals surface area contributed by atoms with E-state index in [1.165, 1.54) is 11.6 Å². The molecule has 0 fully saturated rings. The van der Waals surface area contributed by atoms with Crippen molar-refractivity contribution in [1.82, 2.24) is 4.98 Å². The van der Waals surface area contributed by atoms with Crippen LogP contribution in [0, 0.1) is 13.8 Å². The Hall–Kier alpha value is -2.62. The molecule has 2 rings (SSSR count). The molecular formula is C16H15NO3. The van der Waals surface area contributed by atoms with Crippen LogP contribution in [0.3, 0.4) is 0 Å². The van der Waals surface area contributed by atoms with Crippen LogP contribution in [0.15, 0.2) is 42.7 Å². The first-order chi connectivity index (χ1) is 9.54. The van der Waals surface area contributed by atoms with Crippen molar-refractivity contribution in [3.05, 3.63) is 59.4 Å². The number of aliphatic carboxylic acids is 1. The van der Waals surface area contributed by atoms with Crippen LogP contribution in [0.2, 0.25) is 0 Å². The Morgan fingerprint density at radius 3 is 2.65 bits per heavy atom. The number of benzene rings is 1. The van der Waals surface area contributed by atoms with Crippen LogP contribution in [-0.2, 0) is 4.79 Å². The Morgan fingerprint density at radius 2 is 1.95 bits per heavy atom. The van der Waals surface area contributed by atoms with E-state index in [0.717, 1.165) is 17.4 Å². The first-order valence-corrected chi connectivity index (χ1v) is 6.16. The second-order valence-corrected chi connectivity index (χ2v) is 4.47. The highest BCUT2D eigenvalue weighted by molar-refractivity contribution is 5.85. The number of ether oxygens (including phenoxy) is 1. The minimum absolute atomic E-state index is 0.570. The number of nitrogens with zero attached hydrogens (tertiary/aromatic N) is 1. The van der Waals surface area contributed by atoms with Gasteiger partial charge in [0.15, 0.2) is 0 Å². The van der Waals surface area contributed by atoms with E-state index in [9.17, 15) is 4.79 Å². The molecule has 0 aliphatic heterocycles. The van der Waals surface area contributed by atoms with Crippen LogP contribution >= 0.6 is 0 Å². The van der Waals surface area contributed by atoms with Gasteiger partial charge < -0.3 is 9.84 Å². The highest BCUT2D eigenvalue weighted by Crippen LogP contribution is 2.23. The minimum Gasteiger partial charge on any atom is -0.478 e. The van der Waals surface area contributed by atoms with Gasteiger partial charge in [-0.2, -0.15) is 0 Å². The zero-order chi connectivity index (χ0) is 14.5. The third kappa shape index (κ3) is 3.68. The molecule has 0 spiro atoms. The molecule has 0 bridgehead atoms. The van der Waals surface area contributed by atoms with E-state index in [1.807, 2.05) is 32.0 Å². The molecule has 20 heavy (non-hydrogen) atoms. The van der Waals surface area contributed by atoms with E-state index < -0.39 is 5.97 Å². The summed E-state index contributed by atoms with van der Waals surface area (Å²) in [5.74, 6) is 0.306. The maximum absolute atomic E-state index is 10.5. The molecule has 0 amide bonds. The fourth-order valence-corrected chi connectivity index (χ4v) is 1.66. The van der Waals surface area contributed by atoms with Gasteiger partial charge in [0.05, 0.1) is 6.20 Å². The molecule has 1 N–H and O–H groups in total. The van der Waals surface area contributed by atoms with Gasteiger partial charge >= 0.3 is 5.97 Å². The molecule has 0 unspecified atom stereocenters. The van der Waals surface area contributed by atoms with Gasteiger partial charge in [-0.15, -0.1) is 0 Å². The SMILES string of the molecule is Cc1ccc(Oc2cncc(/C=C/C(=O)O)c2)cc1C. The lowest BCUT2D eigenvalue weighted by Crippen LogP contribution is -1.89. The molecule has 0 saturated heterocycles. The van der Waals surface area contributed by atoms with Gasteiger partial charge in [-0.25, -0.2) is 4.79 Å². The summed E-state index contributed by atoms with van der Waals surface area (Å²) < 4.78 is 5.72. The quantitative estimate of drug-likeness (QED) is 0.862. The van der Waals surface area contributed by atoms with Gasteiger partial charge in [-0.05, 0) is 54.8 Å². The van der Waals surface area contributed by atoms with E-state index in [2.05, 4.69) is 4.98 Å². The average molecular weight is 269 g/mol. The number of hydrogen-bond donors (Lipinski definition) is 1. The second kappa shape index (κ2) is 6.02. The summed E-state index contributed by atoms with van der Waals surface area (Å²) in [7, 11) is 0. The standard InChI is InChI=1S/C16H15NO3/c1-11-3-5-14(7-12(11)2)20-15-8-13(9-17-10-15)4-6-16(18)19/h3-10H,1-2H3,(H,18,19)/b6-4+. The summed E-state index contributed by atoms with van der Waals surface area (Å²) in [4.78, 5) is 14.5. The van der Waals surface area contributed by atoms with Crippen molar-refractivity contribution in [2.75, 3.05) is 0 Å². The summed E-state index contributed by atoms with van der Waals surface area (Å²) in [5.41, 5.74) is 3.03. The smallest absolute Gasteiger partial charge is 0.328 e. The largest absolute Gasteiger partial charge is 0.478 e. The van der Waals surface area contributed by atoms with E-state index in [4.69, 9.17) is 9.84 Å².